The van der Waals surface area contributed by atoms with Gasteiger partial charge in [-0.2, -0.15) is 9.97 Å². The van der Waals surface area contributed by atoms with Crippen LogP contribution in [0.1, 0.15) is 20.8 Å². The van der Waals surface area contributed by atoms with Gasteiger partial charge in [-0.15, -0.1) is 0 Å². The molecule has 0 N–H and O–H groups in total. The third-order valence-corrected chi connectivity index (χ3v) is 5.49. The number of hydrogen-bond acceptors (Lipinski definition) is 7. The minimum Gasteiger partial charge on any atom is -0.444 e. The van der Waals surface area contributed by atoms with E-state index in [2.05, 4.69) is 42.4 Å². The second kappa shape index (κ2) is 9.07. The van der Waals surface area contributed by atoms with E-state index in [9.17, 15) is 9.59 Å². The molecule has 29 heavy (non-hydrogen) atoms. The van der Waals surface area contributed by atoms with Gasteiger partial charge in [-0.3, -0.25) is 0 Å². The Kier molecular flexibility index (Phi) is 6.92. The second-order valence-corrected chi connectivity index (χ2v) is 8.79. The van der Waals surface area contributed by atoms with Crippen LogP contribution >= 0.6 is 45.2 Å². The van der Waals surface area contributed by atoms with Gasteiger partial charge >= 0.3 is 11.8 Å². The molecule has 2 aliphatic heterocycles. The molecule has 1 aromatic rings. The number of halogens is 2. The average Bonchev–Trinajstić information content (AvgIpc) is 3.03. The van der Waals surface area contributed by atoms with Gasteiger partial charge in [-0.05, 0) is 28.8 Å². The van der Waals surface area contributed by atoms with E-state index in [1.165, 1.54) is 4.57 Å². The molecule has 1 aromatic heterocycles. The maximum Gasteiger partial charge on any atom is 0.410 e. The molecule has 2 aliphatic rings. The van der Waals surface area contributed by atoms with Crippen molar-refractivity contribution in [2.45, 2.75) is 26.4 Å². The molecule has 1 fully saturated rings. The Morgan fingerprint density at radius 2 is 1.93 bits per heavy atom. The molecular weight excluding hydrogens is 602 g/mol. The highest BCUT2D eigenvalue weighted by Crippen LogP contribution is 2.26. The third kappa shape index (κ3) is 5.14. The number of fused-ring (bicyclic) bond motifs is 1. The summed E-state index contributed by atoms with van der Waals surface area (Å²) >= 11 is 4.11. The van der Waals surface area contributed by atoms with Crippen LogP contribution in [0.2, 0.25) is 0 Å². The molecule has 1 amide bonds. The van der Waals surface area contributed by atoms with E-state index in [1.54, 1.807) is 4.90 Å². The van der Waals surface area contributed by atoms with Crippen molar-refractivity contribution >= 4 is 68.9 Å². The molecule has 0 saturated carbocycles. The van der Waals surface area contributed by atoms with Crippen LogP contribution in [0.25, 0.3) is 5.70 Å². The third-order valence-electron chi connectivity index (χ3n) is 4.39. The fourth-order valence-corrected chi connectivity index (χ4v) is 3.72. The van der Waals surface area contributed by atoms with E-state index >= 15 is 0 Å². The average molecular weight is 624 g/mol. The van der Waals surface area contributed by atoms with Crippen LogP contribution in [0.3, 0.4) is 0 Å². The molecule has 0 atom stereocenters. The number of aromatic nitrogens is 3. The first-order chi connectivity index (χ1) is 13.7. The Hall–Kier alpha value is -1.56. The van der Waals surface area contributed by atoms with Gasteiger partial charge in [0.25, 0.3) is 0 Å². The lowest BCUT2D eigenvalue weighted by atomic mass is 10.2. The smallest absolute Gasteiger partial charge is 0.410 e. The van der Waals surface area contributed by atoms with E-state index in [0.29, 0.717) is 51.2 Å². The van der Waals surface area contributed by atoms with Crippen LogP contribution in [-0.4, -0.2) is 70.4 Å². The van der Waals surface area contributed by atoms with Crippen LogP contribution in [0, 0.1) is 9.85 Å². The van der Waals surface area contributed by atoms with Crippen molar-refractivity contribution in [2.75, 3.05) is 49.1 Å². The molecule has 1 saturated heterocycles. The van der Waals surface area contributed by atoms with Gasteiger partial charge in [0.1, 0.15) is 5.60 Å². The molecule has 0 spiro atoms. The fourth-order valence-electron chi connectivity index (χ4n) is 3.08. The molecule has 0 aliphatic carbocycles. The summed E-state index contributed by atoms with van der Waals surface area (Å²) in [5.74, 6) is 3.95. The number of anilines is 2. The normalized spacial score (nSPS) is 17.8. The van der Waals surface area contributed by atoms with Gasteiger partial charge in [0.15, 0.2) is 0 Å². The number of carbonyl (C=O) groups excluding carboxylic acids is 1. The molecule has 156 valence electrons. The predicted octanol–water partition coefficient (Wildman–Crippen LogP) is 2.14. The van der Waals surface area contributed by atoms with E-state index in [1.807, 2.05) is 57.2 Å². The maximum absolute atomic E-state index is 12.7. The molecule has 3 heterocycles. The Bertz CT molecular complexity index is 936. The summed E-state index contributed by atoms with van der Waals surface area (Å²) in [5, 5.41) is 0. The van der Waals surface area contributed by atoms with E-state index in [0.717, 1.165) is 5.70 Å². The van der Waals surface area contributed by atoms with Crippen molar-refractivity contribution in [3.63, 3.8) is 0 Å². The molecule has 9 nitrogen and oxygen atoms in total. The predicted molar refractivity (Wildman–Crippen MR) is 129 cm³/mol. The number of carbonyl (C=O) groups is 1. The molecule has 3 rings (SSSR count). The lowest BCUT2D eigenvalue weighted by molar-refractivity contribution is 0.0240. The fraction of sp³-hybridized carbons (Fsp3) is 0.556. The van der Waals surface area contributed by atoms with Crippen LogP contribution < -0.4 is 15.5 Å². The number of ether oxygens (including phenoxy) is 1. The lowest BCUT2D eigenvalue weighted by Gasteiger charge is -2.35. The monoisotopic (exact) mass is 624 g/mol. The quantitative estimate of drug-likeness (QED) is 0.369. The molecule has 0 aromatic carbocycles. The van der Waals surface area contributed by atoms with Crippen LogP contribution in [-0.2, 0) is 4.74 Å². The first-order valence-electron chi connectivity index (χ1n) is 9.10. The number of amides is 1. The van der Waals surface area contributed by atoms with Gasteiger partial charge in [0, 0.05) is 48.8 Å². The highest BCUT2D eigenvalue weighted by molar-refractivity contribution is 14.1. The zero-order valence-corrected chi connectivity index (χ0v) is 20.8. The summed E-state index contributed by atoms with van der Waals surface area (Å²) in [6.07, 6.45) is -0.326. The molecule has 11 heteroatoms. The van der Waals surface area contributed by atoms with Crippen molar-refractivity contribution in [3.8, 4) is 9.85 Å². The van der Waals surface area contributed by atoms with Crippen LogP contribution in [0.5, 0.6) is 0 Å². The van der Waals surface area contributed by atoms with E-state index in [-0.39, 0.29) is 11.8 Å². The number of piperazine rings is 1. The Labute approximate surface area is 196 Å². The minimum absolute atomic E-state index is 0.326. The summed E-state index contributed by atoms with van der Waals surface area (Å²) in [6, 6.07) is 0. The Balaban J connectivity index is 1.78. The van der Waals surface area contributed by atoms with Gasteiger partial charge < -0.3 is 19.4 Å². The number of rotatable bonds is 2. The Morgan fingerprint density at radius 1 is 1.24 bits per heavy atom. The molecule has 0 bridgehead atoms. The first kappa shape index (κ1) is 22.1. The molecule has 0 radical (unpaired) electrons. The zero-order valence-electron chi connectivity index (χ0n) is 16.5. The van der Waals surface area contributed by atoms with Gasteiger partial charge in [0.05, 0.1) is 18.8 Å². The maximum atomic E-state index is 12.7. The zero-order chi connectivity index (χ0) is 21.2. The largest absolute Gasteiger partial charge is 0.444 e. The van der Waals surface area contributed by atoms with Crippen molar-refractivity contribution in [2.24, 2.45) is 0 Å². The van der Waals surface area contributed by atoms with Crippen molar-refractivity contribution in [3.05, 3.63) is 14.6 Å². The highest BCUT2D eigenvalue weighted by atomic mass is 127. The standard InChI is InChI=1S/C18H22I2N6O3/c1-18(2,3)29-17(28)24-9-7-23(8-10-24)14-21-15-25(6-4-5-19)12-13(11-20)26(15)16(27)22-14/h11H,6-10,12H2,1-3H3/b13-11+. The lowest BCUT2D eigenvalue weighted by Crippen LogP contribution is -2.51. The number of hydrogen-bond donors (Lipinski definition) is 0. The van der Waals surface area contributed by atoms with Crippen LogP contribution in [0.4, 0.5) is 16.7 Å². The van der Waals surface area contributed by atoms with Gasteiger partial charge in [0.2, 0.25) is 11.9 Å². The first-order valence-corrected chi connectivity index (χ1v) is 11.4. The Morgan fingerprint density at radius 3 is 2.52 bits per heavy atom. The molecular formula is C18H22I2N6O3. The van der Waals surface area contributed by atoms with Crippen molar-refractivity contribution in [1.29, 1.82) is 0 Å². The molecule has 0 unspecified atom stereocenters. The van der Waals surface area contributed by atoms with Gasteiger partial charge in [-0.1, -0.05) is 28.5 Å². The van der Waals surface area contributed by atoms with E-state index < -0.39 is 5.60 Å². The topological polar surface area (TPSA) is 83.8 Å². The van der Waals surface area contributed by atoms with Crippen molar-refractivity contribution < 1.29 is 9.53 Å². The second-order valence-electron chi connectivity index (χ2n) is 7.62. The summed E-state index contributed by atoms with van der Waals surface area (Å²) in [5.41, 5.74) is -0.0465. The summed E-state index contributed by atoms with van der Waals surface area (Å²) in [4.78, 5) is 39.3. The summed E-state index contributed by atoms with van der Waals surface area (Å²) in [6.45, 7) is 8.63. The summed E-state index contributed by atoms with van der Waals surface area (Å²) in [7, 11) is 0. The highest BCUT2D eigenvalue weighted by Gasteiger charge is 2.30. The van der Waals surface area contributed by atoms with Crippen molar-refractivity contribution in [1.82, 2.24) is 19.4 Å². The van der Waals surface area contributed by atoms with Crippen LogP contribution in [0.15, 0.2) is 8.88 Å². The summed E-state index contributed by atoms with van der Waals surface area (Å²) < 4.78 is 11.7. The van der Waals surface area contributed by atoms with Gasteiger partial charge in [-0.25, -0.2) is 14.2 Å². The minimum atomic E-state index is -0.528. The number of nitrogens with zero attached hydrogens (tertiary/aromatic N) is 6. The van der Waals surface area contributed by atoms with E-state index in [4.69, 9.17) is 4.74 Å². The SMILES string of the molecule is CC(C)(C)OC(=O)N1CCN(c2nc3n(c(=O)n2)/C(=C/I)CN3CC#CI)CC1.